The molecule has 0 aromatic carbocycles. The fourth-order valence-electron chi connectivity index (χ4n) is 0.994. The molecule has 0 amide bonds. The molecule has 0 saturated heterocycles. The second-order valence-corrected chi connectivity index (χ2v) is 6.33. The Morgan fingerprint density at radius 2 is 2.00 bits per heavy atom. The molecule has 1 heterocycles. The molecule has 0 saturated carbocycles. The van der Waals surface area contributed by atoms with Gasteiger partial charge >= 0.3 is 0 Å². The summed E-state index contributed by atoms with van der Waals surface area (Å²) in [4.78, 5) is 1.53. The molecule has 1 aliphatic rings. The normalized spacial score (nSPS) is 21.9. The summed E-state index contributed by atoms with van der Waals surface area (Å²) in [6.45, 7) is 0. The molecule has 64 valence electrons. The lowest BCUT2D eigenvalue weighted by molar-refractivity contribution is 1.19. The number of hydrogen-bond donors (Lipinski definition) is 0. The van der Waals surface area contributed by atoms with Gasteiger partial charge < -0.3 is 0 Å². The summed E-state index contributed by atoms with van der Waals surface area (Å²) >= 11 is 7.76. The van der Waals surface area contributed by atoms with Crippen LogP contribution < -0.4 is 0 Å². The maximum Gasteiger partial charge on any atom is 0.101 e. The van der Waals surface area contributed by atoms with Gasteiger partial charge in [0, 0.05) is 10.7 Å². The van der Waals surface area contributed by atoms with E-state index in [1.54, 1.807) is 0 Å². The van der Waals surface area contributed by atoms with Gasteiger partial charge in [-0.2, -0.15) is 0 Å². The van der Waals surface area contributed by atoms with Gasteiger partial charge in [0.2, 0.25) is 0 Å². The minimum absolute atomic E-state index is 0.365. The molecule has 1 aliphatic heterocycles. The minimum atomic E-state index is 0.365. The third-order valence-electron chi connectivity index (χ3n) is 1.72. The van der Waals surface area contributed by atoms with Crippen LogP contribution in [-0.2, 0) is 0 Å². The highest BCUT2D eigenvalue weighted by Crippen LogP contribution is 2.52. The summed E-state index contributed by atoms with van der Waals surface area (Å²) in [7, 11) is 0. The van der Waals surface area contributed by atoms with Crippen molar-refractivity contribution < 1.29 is 0 Å². The van der Waals surface area contributed by atoms with Gasteiger partial charge in [-0.15, -0.1) is 47.0 Å². The molecule has 0 aromatic heterocycles. The highest BCUT2D eigenvalue weighted by atomic mass is 32.2. The van der Waals surface area contributed by atoms with Crippen molar-refractivity contribution in [2.75, 3.05) is 24.5 Å². The van der Waals surface area contributed by atoms with Gasteiger partial charge in [0.1, 0.15) is 4.08 Å². The summed E-state index contributed by atoms with van der Waals surface area (Å²) < 4.78 is 0.365. The van der Waals surface area contributed by atoms with Crippen LogP contribution in [0, 0.1) is 0 Å². The smallest absolute Gasteiger partial charge is 0.101 e. The van der Waals surface area contributed by atoms with E-state index in [9.17, 15) is 0 Å². The maximum absolute atomic E-state index is 2.30. The van der Waals surface area contributed by atoms with E-state index in [1.165, 1.54) is 10.7 Å². The summed E-state index contributed by atoms with van der Waals surface area (Å²) in [5.41, 5.74) is 0. The van der Waals surface area contributed by atoms with Gasteiger partial charge in [0.15, 0.2) is 0 Å². The molecule has 0 bridgehead atoms. The van der Waals surface area contributed by atoms with Crippen molar-refractivity contribution in [3.05, 3.63) is 10.3 Å². The average molecular weight is 224 g/mol. The standard InChI is InChI=1S/C7H12S4/c1-8-6-4-11-5-7(6,9-2)10-3/h4H,5H2,1-3H3. The van der Waals surface area contributed by atoms with E-state index in [4.69, 9.17) is 0 Å². The number of rotatable bonds is 3. The first-order valence-electron chi connectivity index (χ1n) is 3.25. The predicted molar refractivity (Wildman–Crippen MR) is 63.8 cm³/mol. The first kappa shape index (κ1) is 10.2. The molecule has 4 heteroatoms. The molecular weight excluding hydrogens is 212 g/mol. The molecule has 0 unspecified atom stereocenters. The van der Waals surface area contributed by atoms with Crippen molar-refractivity contribution in [3.63, 3.8) is 0 Å². The largest absolute Gasteiger partial charge is 0.141 e. The Kier molecular flexibility index (Phi) is 4.09. The minimum Gasteiger partial charge on any atom is -0.141 e. The van der Waals surface area contributed by atoms with Gasteiger partial charge in [-0.25, -0.2) is 0 Å². The molecule has 0 atom stereocenters. The molecule has 0 fully saturated rings. The fraction of sp³-hybridized carbons (Fsp3) is 0.714. The Bertz CT molecular complexity index is 160. The Labute approximate surface area is 85.7 Å². The lowest BCUT2D eigenvalue weighted by Crippen LogP contribution is -2.20. The molecule has 0 radical (unpaired) electrons. The molecular formula is C7H12S4. The highest BCUT2D eigenvalue weighted by Gasteiger charge is 2.35. The first-order chi connectivity index (χ1) is 5.29. The molecule has 0 N–H and O–H groups in total. The Morgan fingerprint density at radius 1 is 1.36 bits per heavy atom. The first-order valence-corrected chi connectivity index (χ1v) is 7.98. The van der Waals surface area contributed by atoms with Crippen LogP contribution in [-0.4, -0.2) is 28.6 Å². The SMILES string of the molecule is CSC1=CSCC1(SC)SC. The van der Waals surface area contributed by atoms with E-state index in [2.05, 4.69) is 24.2 Å². The van der Waals surface area contributed by atoms with Crippen LogP contribution in [0.2, 0.25) is 0 Å². The number of thioether (sulfide) groups is 4. The van der Waals surface area contributed by atoms with Crippen LogP contribution in [0.25, 0.3) is 0 Å². The van der Waals surface area contributed by atoms with Crippen LogP contribution in [0.5, 0.6) is 0 Å². The third kappa shape index (κ3) is 1.90. The van der Waals surface area contributed by atoms with Gasteiger partial charge in [-0.1, -0.05) is 0 Å². The monoisotopic (exact) mass is 224 g/mol. The molecule has 0 aromatic rings. The van der Waals surface area contributed by atoms with E-state index >= 15 is 0 Å². The zero-order valence-corrected chi connectivity index (χ0v) is 10.2. The summed E-state index contributed by atoms with van der Waals surface area (Å²) in [6.07, 6.45) is 6.57. The maximum atomic E-state index is 2.30. The van der Waals surface area contributed by atoms with Crippen molar-refractivity contribution in [1.82, 2.24) is 0 Å². The van der Waals surface area contributed by atoms with Gasteiger partial charge in [-0.05, 0) is 24.2 Å². The highest BCUT2D eigenvalue weighted by molar-refractivity contribution is 8.22. The Morgan fingerprint density at radius 3 is 2.36 bits per heavy atom. The van der Waals surface area contributed by atoms with Gasteiger partial charge in [0.05, 0.1) is 0 Å². The van der Waals surface area contributed by atoms with Crippen LogP contribution in [0.15, 0.2) is 10.3 Å². The third-order valence-corrected chi connectivity index (χ3v) is 7.45. The van der Waals surface area contributed by atoms with E-state index < -0.39 is 0 Å². The Balaban J connectivity index is 2.75. The number of hydrogen-bond acceptors (Lipinski definition) is 4. The Hall–Kier alpha value is 1.14. The van der Waals surface area contributed by atoms with Crippen molar-refractivity contribution in [3.8, 4) is 0 Å². The van der Waals surface area contributed by atoms with Gasteiger partial charge in [0.25, 0.3) is 0 Å². The quantitative estimate of drug-likeness (QED) is 0.674. The van der Waals surface area contributed by atoms with Crippen LogP contribution in [0.3, 0.4) is 0 Å². The lowest BCUT2D eigenvalue weighted by atomic mass is 10.4. The summed E-state index contributed by atoms with van der Waals surface area (Å²) in [5.74, 6) is 1.23. The van der Waals surface area contributed by atoms with E-state index in [0.717, 1.165) is 0 Å². The molecule has 11 heavy (non-hydrogen) atoms. The van der Waals surface area contributed by atoms with Crippen molar-refractivity contribution in [2.24, 2.45) is 0 Å². The summed E-state index contributed by atoms with van der Waals surface area (Å²) in [6, 6.07) is 0. The molecule has 0 spiro atoms. The van der Waals surface area contributed by atoms with Crippen molar-refractivity contribution >= 4 is 47.0 Å². The second-order valence-electron chi connectivity index (χ2n) is 2.16. The van der Waals surface area contributed by atoms with Gasteiger partial charge in [-0.3, -0.25) is 0 Å². The molecule has 0 nitrogen and oxygen atoms in total. The average Bonchev–Trinajstić information content (AvgIpc) is 2.47. The second kappa shape index (κ2) is 4.40. The van der Waals surface area contributed by atoms with E-state index in [-0.39, 0.29) is 0 Å². The van der Waals surface area contributed by atoms with Crippen LogP contribution >= 0.6 is 47.0 Å². The zero-order chi connectivity index (χ0) is 8.32. The zero-order valence-electron chi connectivity index (χ0n) is 6.92. The predicted octanol–water partition coefficient (Wildman–Crippen LogP) is 3.36. The van der Waals surface area contributed by atoms with E-state index in [0.29, 0.717) is 4.08 Å². The van der Waals surface area contributed by atoms with Crippen molar-refractivity contribution in [1.29, 1.82) is 0 Å². The lowest BCUT2D eigenvalue weighted by Gasteiger charge is -2.26. The molecule has 0 aliphatic carbocycles. The van der Waals surface area contributed by atoms with Crippen LogP contribution in [0.1, 0.15) is 0 Å². The summed E-state index contributed by atoms with van der Waals surface area (Å²) in [5, 5.41) is 2.30. The topological polar surface area (TPSA) is 0 Å². The fourth-order valence-corrected chi connectivity index (χ4v) is 6.56. The van der Waals surface area contributed by atoms with Crippen molar-refractivity contribution in [2.45, 2.75) is 4.08 Å². The molecule has 1 rings (SSSR count). The van der Waals surface area contributed by atoms with E-state index in [1.807, 2.05) is 47.0 Å². The van der Waals surface area contributed by atoms with Crippen LogP contribution in [0.4, 0.5) is 0 Å².